The van der Waals surface area contributed by atoms with E-state index in [-0.39, 0.29) is 12.5 Å². The summed E-state index contributed by atoms with van der Waals surface area (Å²) in [6.07, 6.45) is 49.8. The topological polar surface area (TPSA) is 228 Å². The normalized spacial score (nSPS) is 23.5. The van der Waals surface area contributed by atoms with E-state index in [1.165, 1.54) is 270 Å². The Morgan fingerprint density at radius 2 is 0.679 bits per heavy atom. The number of ether oxygens (including phenoxy) is 4. The number of rotatable bonds is 61. The van der Waals surface area contributed by atoms with Crippen LogP contribution in [0.2, 0.25) is 0 Å². The van der Waals surface area contributed by atoms with Gasteiger partial charge in [0.15, 0.2) is 12.6 Å². The monoisotopic (exact) mass is 1200 g/mol. The molecule has 0 saturated carbocycles. The first-order valence-electron chi connectivity index (χ1n) is 36.3. The molecule has 12 atom stereocenters. The van der Waals surface area contributed by atoms with Crippen molar-refractivity contribution in [2.75, 3.05) is 19.8 Å². The molecule has 1 amide bonds. The molecule has 0 bridgehead atoms. The first-order valence-corrected chi connectivity index (χ1v) is 36.3. The molecule has 500 valence electrons. The molecule has 2 aliphatic heterocycles. The maximum atomic E-state index is 13.4. The Kier molecular flexibility index (Phi) is 52.7. The Morgan fingerprint density at radius 3 is 1.01 bits per heavy atom. The highest BCUT2D eigenvalue weighted by Gasteiger charge is 2.51. The number of carbonyl (C=O) groups excluding carboxylic acids is 1. The van der Waals surface area contributed by atoms with Gasteiger partial charge in [0, 0.05) is 6.42 Å². The van der Waals surface area contributed by atoms with Crippen molar-refractivity contribution in [1.82, 2.24) is 5.32 Å². The fourth-order valence-electron chi connectivity index (χ4n) is 12.5. The summed E-state index contributed by atoms with van der Waals surface area (Å²) in [5.74, 6) is -0.197. The minimum atomic E-state index is -1.78. The summed E-state index contributed by atoms with van der Waals surface area (Å²) < 4.78 is 22.9. The van der Waals surface area contributed by atoms with Crippen LogP contribution in [-0.2, 0) is 23.7 Å². The van der Waals surface area contributed by atoms with E-state index in [2.05, 4.69) is 19.2 Å². The van der Waals surface area contributed by atoms with Gasteiger partial charge >= 0.3 is 0 Å². The molecule has 9 N–H and O–H groups in total. The Bertz CT molecular complexity index is 1410. The van der Waals surface area contributed by atoms with Gasteiger partial charge in [-0.1, -0.05) is 328 Å². The number of hydrogen-bond acceptors (Lipinski definition) is 13. The summed E-state index contributed by atoms with van der Waals surface area (Å²) in [7, 11) is 0. The molecule has 2 heterocycles. The van der Waals surface area contributed by atoms with Gasteiger partial charge in [0.05, 0.1) is 32.0 Å². The van der Waals surface area contributed by atoms with E-state index in [0.29, 0.717) is 12.8 Å². The second-order valence-electron chi connectivity index (χ2n) is 26.1. The van der Waals surface area contributed by atoms with E-state index >= 15 is 0 Å². The van der Waals surface area contributed by atoms with E-state index in [1.54, 1.807) is 0 Å². The van der Waals surface area contributed by atoms with Crippen molar-refractivity contribution in [3.63, 3.8) is 0 Å². The Labute approximate surface area is 514 Å². The van der Waals surface area contributed by atoms with Gasteiger partial charge in [-0.25, -0.2) is 0 Å². The molecule has 2 fully saturated rings. The number of aliphatic hydroxyl groups excluding tert-OH is 8. The van der Waals surface area contributed by atoms with Crippen LogP contribution < -0.4 is 5.32 Å². The lowest BCUT2D eigenvalue weighted by atomic mass is 9.97. The van der Waals surface area contributed by atoms with Gasteiger partial charge in [0.2, 0.25) is 5.91 Å². The number of carbonyl (C=O) groups is 1. The van der Waals surface area contributed by atoms with E-state index in [1.807, 2.05) is 0 Å². The van der Waals surface area contributed by atoms with Crippen molar-refractivity contribution >= 4 is 5.91 Å². The minimum Gasteiger partial charge on any atom is -0.394 e. The standard InChI is InChI=1S/C70H137NO13/c1-3-5-7-9-11-13-15-17-19-21-23-25-27-28-29-30-31-32-33-35-37-39-41-43-45-47-49-51-53-59(74)58(57-81-69-67(80)65(78)68(61(56-73)83-69)84-70-66(79)64(77)63(76)60(55-72)82-70)71-62(75)54-52-50-48-46-44-42-40-38-36-34-26-24-22-20-18-16-14-12-10-8-6-4-2/h58-61,63-70,72-74,76-80H,3-57H2,1-2H3,(H,71,75). The van der Waals surface area contributed by atoms with Crippen LogP contribution in [0.4, 0.5) is 0 Å². The first-order chi connectivity index (χ1) is 41.1. The lowest BCUT2D eigenvalue weighted by molar-refractivity contribution is -0.359. The molecule has 84 heavy (non-hydrogen) atoms. The van der Waals surface area contributed by atoms with Crippen LogP contribution in [0.5, 0.6) is 0 Å². The number of nitrogens with one attached hydrogen (secondary N) is 1. The molecule has 0 aromatic heterocycles. The van der Waals surface area contributed by atoms with Gasteiger partial charge in [-0.2, -0.15) is 0 Å². The number of aliphatic hydroxyl groups is 8. The zero-order valence-corrected chi connectivity index (χ0v) is 54.4. The summed E-state index contributed by atoms with van der Waals surface area (Å²) in [4.78, 5) is 13.4. The molecular weight excluding hydrogens is 1060 g/mol. The highest BCUT2D eigenvalue weighted by Crippen LogP contribution is 2.30. The van der Waals surface area contributed by atoms with E-state index in [0.717, 1.165) is 51.4 Å². The van der Waals surface area contributed by atoms with Crippen LogP contribution in [0, 0.1) is 0 Å². The molecule has 2 aliphatic rings. The maximum Gasteiger partial charge on any atom is 0.220 e. The van der Waals surface area contributed by atoms with Gasteiger partial charge in [-0.05, 0) is 12.8 Å². The van der Waals surface area contributed by atoms with Crippen LogP contribution >= 0.6 is 0 Å². The quantitative estimate of drug-likeness (QED) is 0.0259. The van der Waals surface area contributed by atoms with Crippen molar-refractivity contribution in [2.45, 2.75) is 421 Å². The third-order valence-electron chi connectivity index (χ3n) is 18.3. The van der Waals surface area contributed by atoms with Crippen molar-refractivity contribution in [3.8, 4) is 0 Å². The molecule has 2 saturated heterocycles. The Morgan fingerprint density at radius 1 is 0.381 bits per heavy atom. The maximum absolute atomic E-state index is 13.4. The molecule has 12 unspecified atom stereocenters. The van der Waals surface area contributed by atoms with Gasteiger partial charge in [-0.15, -0.1) is 0 Å². The Hall–Kier alpha value is -1.01. The molecule has 0 aromatic carbocycles. The van der Waals surface area contributed by atoms with Gasteiger partial charge in [0.25, 0.3) is 0 Å². The zero-order chi connectivity index (χ0) is 60.9. The second-order valence-corrected chi connectivity index (χ2v) is 26.1. The predicted molar refractivity (Wildman–Crippen MR) is 342 cm³/mol. The molecule has 14 nitrogen and oxygen atoms in total. The number of hydrogen-bond donors (Lipinski definition) is 9. The van der Waals surface area contributed by atoms with Crippen molar-refractivity contribution in [2.24, 2.45) is 0 Å². The lowest BCUT2D eigenvalue weighted by Gasteiger charge is -2.46. The third-order valence-corrected chi connectivity index (χ3v) is 18.3. The van der Waals surface area contributed by atoms with E-state index < -0.39 is 86.8 Å². The van der Waals surface area contributed by atoms with Crippen LogP contribution in [0.3, 0.4) is 0 Å². The number of amides is 1. The molecule has 0 aliphatic carbocycles. The van der Waals surface area contributed by atoms with Crippen molar-refractivity contribution in [3.05, 3.63) is 0 Å². The van der Waals surface area contributed by atoms with E-state index in [9.17, 15) is 45.6 Å². The fraction of sp³-hybridized carbons (Fsp3) is 0.986. The summed E-state index contributed by atoms with van der Waals surface area (Å²) in [6, 6.07) is -0.824. The Balaban J connectivity index is 1.65. The average Bonchev–Trinajstić information content (AvgIpc) is 3.64. The molecule has 14 heteroatoms. The van der Waals surface area contributed by atoms with Gasteiger partial charge < -0.3 is 65.1 Å². The second kappa shape index (κ2) is 56.0. The summed E-state index contributed by atoms with van der Waals surface area (Å²) in [5.41, 5.74) is 0. The van der Waals surface area contributed by atoms with Gasteiger partial charge in [0.1, 0.15) is 48.8 Å². The fourth-order valence-corrected chi connectivity index (χ4v) is 12.5. The average molecular weight is 1200 g/mol. The molecular formula is C70H137NO13. The lowest BCUT2D eigenvalue weighted by Crippen LogP contribution is -2.65. The van der Waals surface area contributed by atoms with Crippen molar-refractivity contribution in [1.29, 1.82) is 0 Å². The van der Waals surface area contributed by atoms with Crippen LogP contribution in [0.1, 0.15) is 348 Å². The smallest absolute Gasteiger partial charge is 0.220 e. The first kappa shape index (κ1) is 79.1. The predicted octanol–water partition coefficient (Wildman–Crippen LogP) is 14.8. The zero-order valence-electron chi connectivity index (χ0n) is 54.4. The largest absolute Gasteiger partial charge is 0.394 e. The van der Waals surface area contributed by atoms with Crippen LogP contribution in [0.25, 0.3) is 0 Å². The molecule has 0 aromatic rings. The van der Waals surface area contributed by atoms with Crippen LogP contribution in [0.15, 0.2) is 0 Å². The molecule has 2 rings (SSSR count). The third kappa shape index (κ3) is 39.9. The molecule has 0 spiro atoms. The van der Waals surface area contributed by atoms with Crippen molar-refractivity contribution < 1.29 is 64.6 Å². The summed E-state index contributed by atoms with van der Waals surface area (Å²) in [6.45, 7) is 2.93. The SMILES string of the molecule is CCCCCCCCCCCCCCCCCCCCCCCCCCCCCCC(O)C(COC1OC(CO)C(OC2OC(CO)C(O)C(O)C2O)C(O)C1O)NC(=O)CCCCCCCCCCCCCCCCCCCCCCCC. The minimum absolute atomic E-state index is 0.197. The van der Waals surface area contributed by atoms with Crippen LogP contribution in [-0.4, -0.2) is 140 Å². The highest BCUT2D eigenvalue weighted by molar-refractivity contribution is 5.76. The highest BCUT2D eigenvalue weighted by atomic mass is 16.7. The van der Waals surface area contributed by atoms with E-state index in [4.69, 9.17) is 18.9 Å². The number of unbranched alkanes of at least 4 members (excludes halogenated alkanes) is 48. The molecule has 0 radical (unpaired) electrons. The summed E-state index contributed by atoms with van der Waals surface area (Å²) >= 11 is 0. The van der Waals surface area contributed by atoms with Gasteiger partial charge in [-0.3, -0.25) is 4.79 Å². The summed E-state index contributed by atoms with van der Waals surface area (Å²) in [5, 5.41) is 87.7.